The molecule has 0 spiro atoms. The van der Waals surface area contributed by atoms with E-state index in [1.54, 1.807) is 7.11 Å². The second-order valence-electron chi connectivity index (χ2n) is 4.32. The van der Waals surface area contributed by atoms with Gasteiger partial charge in [-0.1, -0.05) is 6.07 Å². The first-order chi connectivity index (χ1) is 8.52. The van der Waals surface area contributed by atoms with Crippen molar-refractivity contribution in [2.75, 3.05) is 7.11 Å². The topological polar surface area (TPSA) is 29.5 Å². The van der Waals surface area contributed by atoms with Crippen molar-refractivity contribution in [3.05, 3.63) is 47.3 Å². The van der Waals surface area contributed by atoms with E-state index in [2.05, 4.69) is 0 Å². The molecule has 2 aromatic rings. The van der Waals surface area contributed by atoms with Crippen LogP contribution in [0.3, 0.4) is 0 Å². The molecular formula is C15H15FO2. The summed E-state index contributed by atoms with van der Waals surface area (Å²) >= 11 is 0. The summed E-state index contributed by atoms with van der Waals surface area (Å²) in [6.07, 6.45) is 0. The minimum absolute atomic E-state index is 0.0432. The summed E-state index contributed by atoms with van der Waals surface area (Å²) in [5, 5.41) is 9.88. The summed E-state index contributed by atoms with van der Waals surface area (Å²) in [7, 11) is 1.56. The number of halogens is 1. The van der Waals surface area contributed by atoms with E-state index in [9.17, 15) is 9.50 Å². The van der Waals surface area contributed by atoms with Crippen LogP contribution >= 0.6 is 0 Å². The molecule has 0 saturated carbocycles. The highest BCUT2D eigenvalue weighted by Gasteiger charge is 2.14. The number of phenolic OH excluding ortho intramolecular Hbond substituents is 1. The third-order valence-electron chi connectivity index (χ3n) is 2.89. The third kappa shape index (κ3) is 2.16. The highest BCUT2D eigenvalue weighted by atomic mass is 19.1. The maximum absolute atomic E-state index is 13.3. The first kappa shape index (κ1) is 12.4. The highest BCUT2D eigenvalue weighted by molar-refractivity contribution is 5.78. The Bertz CT molecular complexity index is 591. The van der Waals surface area contributed by atoms with Crippen LogP contribution in [0.15, 0.2) is 30.3 Å². The Labute approximate surface area is 106 Å². The standard InChI is InChI=1S/C15H15FO2/c1-9-6-10(2)15(14(7-9)18-3)12-8-11(16)4-5-13(12)17/h4-8,17H,1-3H3. The Hall–Kier alpha value is -2.03. The van der Waals surface area contributed by atoms with Crippen molar-refractivity contribution in [1.29, 1.82) is 0 Å². The molecular weight excluding hydrogens is 231 g/mol. The van der Waals surface area contributed by atoms with Crippen LogP contribution in [0.4, 0.5) is 4.39 Å². The summed E-state index contributed by atoms with van der Waals surface area (Å²) in [6.45, 7) is 3.87. The van der Waals surface area contributed by atoms with Crippen molar-refractivity contribution in [2.45, 2.75) is 13.8 Å². The minimum Gasteiger partial charge on any atom is -0.507 e. The first-order valence-electron chi connectivity index (χ1n) is 5.67. The van der Waals surface area contributed by atoms with Gasteiger partial charge in [0.2, 0.25) is 0 Å². The molecule has 18 heavy (non-hydrogen) atoms. The van der Waals surface area contributed by atoms with Gasteiger partial charge in [-0.2, -0.15) is 0 Å². The Morgan fingerprint density at radius 2 is 1.83 bits per heavy atom. The molecule has 2 aromatic carbocycles. The number of hydrogen-bond donors (Lipinski definition) is 1. The number of methoxy groups -OCH3 is 1. The van der Waals surface area contributed by atoms with Gasteiger partial charge in [-0.3, -0.25) is 0 Å². The molecule has 0 amide bonds. The van der Waals surface area contributed by atoms with Crippen molar-refractivity contribution < 1.29 is 14.2 Å². The first-order valence-corrected chi connectivity index (χ1v) is 5.67. The van der Waals surface area contributed by atoms with Crippen molar-refractivity contribution in [1.82, 2.24) is 0 Å². The van der Waals surface area contributed by atoms with Gasteiger partial charge in [0.05, 0.1) is 7.11 Å². The predicted molar refractivity (Wildman–Crippen MR) is 69.5 cm³/mol. The van der Waals surface area contributed by atoms with Crippen LogP contribution in [0, 0.1) is 19.7 Å². The molecule has 0 aromatic heterocycles. The molecule has 1 N–H and O–H groups in total. The number of hydrogen-bond acceptors (Lipinski definition) is 2. The van der Waals surface area contributed by atoms with Crippen LogP contribution in [0.25, 0.3) is 11.1 Å². The maximum Gasteiger partial charge on any atom is 0.127 e. The zero-order chi connectivity index (χ0) is 13.3. The Morgan fingerprint density at radius 3 is 2.50 bits per heavy atom. The molecule has 0 fully saturated rings. The second-order valence-corrected chi connectivity index (χ2v) is 4.32. The van der Waals surface area contributed by atoms with E-state index in [1.807, 2.05) is 26.0 Å². The number of rotatable bonds is 2. The molecule has 0 saturated heterocycles. The molecule has 0 atom stereocenters. The summed E-state index contributed by atoms with van der Waals surface area (Å²) in [6, 6.07) is 7.74. The van der Waals surface area contributed by atoms with Crippen LogP contribution in [0.2, 0.25) is 0 Å². The zero-order valence-electron chi connectivity index (χ0n) is 10.6. The molecule has 0 heterocycles. The molecule has 0 bridgehead atoms. The van der Waals surface area contributed by atoms with Crippen LogP contribution in [0.5, 0.6) is 11.5 Å². The quantitative estimate of drug-likeness (QED) is 0.872. The summed E-state index contributed by atoms with van der Waals surface area (Å²) in [4.78, 5) is 0. The number of phenols is 1. The van der Waals surface area contributed by atoms with Crippen LogP contribution in [-0.2, 0) is 0 Å². The fraction of sp³-hybridized carbons (Fsp3) is 0.200. The normalized spacial score (nSPS) is 10.4. The van der Waals surface area contributed by atoms with Gasteiger partial charge in [-0.15, -0.1) is 0 Å². The van der Waals surface area contributed by atoms with Gasteiger partial charge < -0.3 is 9.84 Å². The summed E-state index contributed by atoms with van der Waals surface area (Å²) in [5.41, 5.74) is 3.17. The predicted octanol–water partition coefficient (Wildman–Crippen LogP) is 3.82. The average Bonchev–Trinajstić information content (AvgIpc) is 2.32. The van der Waals surface area contributed by atoms with Crippen molar-refractivity contribution in [3.63, 3.8) is 0 Å². The van der Waals surface area contributed by atoms with Crippen LogP contribution in [0.1, 0.15) is 11.1 Å². The lowest BCUT2D eigenvalue weighted by molar-refractivity contribution is 0.415. The SMILES string of the molecule is COc1cc(C)cc(C)c1-c1cc(F)ccc1O. The van der Waals surface area contributed by atoms with Crippen LogP contribution in [-0.4, -0.2) is 12.2 Å². The van der Waals surface area contributed by atoms with Crippen molar-refractivity contribution >= 4 is 0 Å². The van der Waals surface area contributed by atoms with Gasteiger partial charge in [-0.25, -0.2) is 4.39 Å². The monoisotopic (exact) mass is 246 g/mol. The highest BCUT2D eigenvalue weighted by Crippen LogP contribution is 2.39. The zero-order valence-corrected chi connectivity index (χ0v) is 10.6. The van der Waals surface area contributed by atoms with Gasteiger partial charge in [0.1, 0.15) is 17.3 Å². The van der Waals surface area contributed by atoms with Gasteiger partial charge >= 0.3 is 0 Å². The molecule has 0 unspecified atom stereocenters. The average molecular weight is 246 g/mol. The molecule has 0 aliphatic carbocycles. The Kier molecular flexibility index (Phi) is 3.24. The van der Waals surface area contributed by atoms with Gasteiger partial charge in [0.15, 0.2) is 0 Å². The lowest BCUT2D eigenvalue weighted by Crippen LogP contribution is -1.93. The molecule has 2 nitrogen and oxygen atoms in total. The maximum atomic E-state index is 13.3. The van der Waals surface area contributed by atoms with E-state index >= 15 is 0 Å². The van der Waals surface area contributed by atoms with E-state index in [0.717, 1.165) is 16.7 Å². The van der Waals surface area contributed by atoms with E-state index < -0.39 is 0 Å². The van der Waals surface area contributed by atoms with E-state index in [4.69, 9.17) is 4.74 Å². The fourth-order valence-electron chi connectivity index (χ4n) is 2.14. The number of aryl methyl sites for hydroxylation is 2. The van der Waals surface area contributed by atoms with Crippen molar-refractivity contribution in [3.8, 4) is 22.6 Å². The van der Waals surface area contributed by atoms with Crippen molar-refractivity contribution in [2.24, 2.45) is 0 Å². The van der Waals surface area contributed by atoms with E-state index in [0.29, 0.717) is 11.3 Å². The second kappa shape index (κ2) is 4.69. The fourth-order valence-corrected chi connectivity index (χ4v) is 2.14. The molecule has 0 aliphatic heterocycles. The summed E-state index contributed by atoms with van der Waals surface area (Å²) in [5.74, 6) is 0.292. The van der Waals surface area contributed by atoms with Gasteiger partial charge in [-0.05, 0) is 49.2 Å². The lowest BCUT2D eigenvalue weighted by Gasteiger charge is -2.14. The van der Waals surface area contributed by atoms with E-state index in [-0.39, 0.29) is 11.6 Å². The Morgan fingerprint density at radius 1 is 1.11 bits per heavy atom. The molecule has 0 aliphatic rings. The molecule has 0 radical (unpaired) electrons. The third-order valence-corrected chi connectivity index (χ3v) is 2.89. The molecule has 3 heteroatoms. The van der Waals surface area contributed by atoms with Gasteiger partial charge in [0, 0.05) is 11.1 Å². The largest absolute Gasteiger partial charge is 0.507 e. The summed E-state index contributed by atoms with van der Waals surface area (Å²) < 4.78 is 18.7. The van der Waals surface area contributed by atoms with Gasteiger partial charge in [0.25, 0.3) is 0 Å². The number of benzene rings is 2. The van der Waals surface area contributed by atoms with Crippen LogP contribution < -0.4 is 4.74 Å². The lowest BCUT2D eigenvalue weighted by atomic mass is 9.96. The number of aromatic hydroxyl groups is 1. The molecule has 94 valence electrons. The Balaban J connectivity index is 2.74. The molecule has 2 rings (SSSR count). The number of ether oxygens (including phenoxy) is 1. The minimum atomic E-state index is -0.384. The smallest absolute Gasteiger partial charge is 0.127 e. The van der Waals surface area contributed by atoms with E-state index in [1.165, 1.54) is 18.2 Å².